The molecule has 2 heterocycles. The van der Waals surface area contributed by atoms with Crippen LogP contribution < -0.4 is 4.90 Å². The molecule has 2 aromatic carbocycles. The highest BCUT2D eigenvalue weighted by Gasteiger charge is 2.50. The van der Waals surface area contributed by atoms with Crippen LogP contribution in [0.15, 0.2) is 47.0 Å². The van der Waals surface area contributed by atoms with Crippen molar-refractivity contribution in [1.29, 1.82) is 0 Å². The van der Waals surface area contributed by atoms with Gasteiger partial charge in [0, 0.05) is 40.7 Å². The standard InChI is InChI=1S/C27H26Cl2N2O4/c1-14-19-11-18(31(14)17-9-7-16(8-10-17)27(32)33)12-23(19)34-13-20-25(30-35-26(20)15-5-6-15)24-21(28)3-2-4-22(24)29/h2-4,7-10,14-15,18-19,23H,5-6,11-13H2,1H3,(H,32,33)/t14-,18+,19+,23-/m1/s1. The van der Waals surface area contributed by atoms with Crippen molar-refractivity contribution in [1.82, 2.24) is 5.16 Å². The van der Waals surface area contributed by atoms with Crippen molar-refractivity contribution in [3.8, 4) is 11.3 Å². The fourth-order valence-electron chi connectivity index (χ4n) is 5.93. The van der Waals surface area contributed by atoms with Crippen molar-refractivity contribution in [2.75, 3.05) is 4.90 Å². The van der Waals surface area contributed by atoms with Gasteiger partial charge in [0.2, 0.25) is 0 Å². The number of aromatic nitrogens is 1. The molecular weight excluding hydrogens is 487 g/mol. The Kier molecular flexibility index (Phi) is 5.78. The Balaban J connectivity index is 1.20. The first-order valence-electron chi connectivity index (χ1n) is 12.1. The van der Waals surface area contributed by atoms with Gasteiger partial charge in [-0.25, -0.2) is 4.79 Å². The van der Waals surface area contributed by atoms with Gasteiger partial charge >= 0.3 is 5.97 Å². The van der Waals surface area contributed by atoms with Crippen LogP contribution in [0.5, 0.6) is 0 Å². The molecule has 0 unspecified atom stereocenters. The molecule has 8 heteroatoms. The first-order valence-corrected chi connectivity index (χ1v) is 12.8. The van der Waals surface area contributed by atoms with Gasteiger partial charge in [-0.3, -0.25) is 0 Å². The quantitative estimate of drug-likeness (QED) is 0.375. The van der Waals surface area contributed by atoms with E-state index >= 15 is 0 Å². The van der Waals surface area contributed by atoms with E-state index in [-0.39, 0.29) is 6.10 Å². The van der Waals surface area contributed by atoms with Crippen molar-refractivity contribution >= 4 is 34.9 Å². The Morgan fingerprint density at radius 2 is 1.86 bits per heavy atom. The van der Waals surface area contributed by atoms with Crippen molar-refractivity contribution in [3.05, 3.63) is 69.4 Å². The number of benzene rings is 2. The molecule has 182 valence electrons. The zero-order chi connectivity index (χ0) is 24.3. The Morgan fingerprint density at radius 1 is 1.14 bits per heavy atom. The van der Waals surface area contributed by atoms with E-state index in [1.807, 2.05) is 30.3 Å². The van der Waals surface area contributed by atoms with E-state index in [2.05, 4.69) is 17.0 Å². The number of piperidine rings is 1. The normalized spacial score (nSPS) is 25.4. The number of hydrogen-bond donors (Lipinski definition) is 1. The van der Waals surface area contributed by atoms with Crippen LogP contribution in [0.3, 0.4) is 0 Å². The maximum absolute atomic E-state index is 11.2. The van der Waals surface area contributed by atoms with Crippen LogP contribution >= 0.6 is 23.2 Å². The van der Waals surface area contributed by atoms with E-state index in [0.717, 1.165) is 42.7 Å². The maximum atomic E-state index is 11.2. The number of nitrogens with zero attached hydrogens (tertiary/aromatic N) is 2. The Hall–Kier alpha value is -2.54. The van der Waals surface area contributed by atoms with E-state index in [9.17, 15) is 9.90 Å². The predicted molar refractivity (Wildman–Crippen MR) is 134 cm³/mol. The largest absolute Gasteiger partial charge is 0.478 e. The smallest absolute Gasteiger partial charge is 0.335 e. The highest BCUT2D eigenvalue weighted by atomic mass is 35.5. The summed E-state index contributed by atoms with van der Waals surface area (Å²) in [5.74, 6) is 0.778. The average Bonchev–Trinajstić information content (AvgIpc) is 3.34. The summed E-state index contributed by atoms with van der Waals surface area (Å²) in [6.07, 6.45) is 4.33. The number of anilines is 1. The van der Waals surface area contributed by atoms with Crippen LogP contribution in [0.1, 0.15) is 60.2 Å². The highest BCUT2D eigenvalue weighted by molar-refractivity contribution is 6.39. The minimum absolute atomic E-state index is 0.140. The Labute approximate surface area is 213 Å². The monoisotopic (exact) mass is 512 g/mol. The number of hydrogen-bond acceptors (Lipinski definition) is 5. The van der Waals surface area contributed by atoms with Crippen LogP contribution in [-0.2, 0) is 11.3 Å². The van der Waals surface area contributed by atoms with Crippen molar-refractivity contribution in [3.63, 3.8) is 0 Å². The molecule has 2 aliphatic carbocycles. The zero-order valence-corrected chi connectivity index (χ0v) is 20.8. The Morgan fingerprint density at radius 3 is 2.49 bits per heavy atom. The second-order valence-corrected chi connectivity index (χ2v) is 10.7. The first kappa shape index (κ1) is 22.9. The number of halogens is 2. The molecule has 6 rings (SSSR count). The fourth-order valence-corrected chi connectivity index (χ4v) is 6.51. The van der Waals surface area contributed by atoms with Crippen molar-refractivity contribution in [2.24, 2.45) is 5.92 Å². The molecule has 2 bridgehead atoms. The number of aromatic carboxylic acids is 1. The number of carboxylic acid groups (broad SMARTS) is 1. The van der Waals surface area contributed by atoms with Crippen LogP contribution in [0.4, 0.5) is 5.69 Å². The third kappa shape index (κ3) is 4.02. The van der Waals surface area contributed by atoms with Gasteiger partial charge in [0.15, 0.2) is 0 Å². The second-order valence-electron chi connectivity index (χ2n) is 9.88. The lowest BCUT2D eigenvalue weighted by molar-refractivity contribution is 0.00367. The molecule has 1 N–H and O–H groups in total. The number of rotatable bonds is 7. The van der Waals surface area contributed by atoms with E-state index in [1.54, 1.807) is 12.1 Å². The number of fused-ring (bicyclic) bond motifs is 2. The predicted octanol–water partition coefficient (Wildman–Crippen LogP) is 6.80. The lowest BCUT2D eigenvalue weighted by atomic mass is 9.96. The molecule has 1 saturated heterocycles. The van der Waals surface area contributed by atoms with Gasteiger partial charge in [0.25, 0.3) is 0 Å². The molecule has 0 radical (unpaired) electrons. The summed E-state index contributed by atoms with van der Waals surface area (Å²) in [6.45, 7) is 2.65. The summed E-state index contributed by atoms with van der Waals surface area (Å²) in [5, 5.41) is 14.7. The van der Waals surface area contributed by atoms with E-state index < -0.39 is 5.97 Å². The lowest BCUT2D eigenvalue weighted by Gasteiger charge is -2.38. The minimum atomic E-state index is -0.905. The lowest BCUT2D eigenvalue weighted by Crippen LogP contribution is -2.45. The molecule has 0 amide bonds. The molecule has 2 saturated carbocycles. The summed E-state index contributed by atoms with van der Waals surface area (Å²) in [5.41, 5.74) is 3.71. The van der Waals surface area contributed by atoms with Crippen LogP contribution in [0.25, 0.3) is 11.3 Å². The van der Waals surface area contributed by atoms with Gasteiger partial charge in [0.05, 0.1) is 28.3 Å². The van der Waals surface area contributed by atoms with Crippen LogP contribution in [-0.4, -0.2) is 34.4 Å². The number of ether oxygens (including phenoxy) is 1. The highest BCUT2D eigenvalue weighted by Crippen LogP contribution is 2.49. The molecule has 3 aliphatic rings. The molecule has 3 aromatic rings. The molecule has 1 aromatic heterocycles. The number of carboxylic acids is 1. The molecule has 6 nitrogen and oxygen atoms in total. The van der Waals surface area contributed by atoms with Gasteiger partial charge in [0.1, 0.15) is 11.5 Å². The summed E-state index contributed by atoms with van der Waals surface area (Å²) in [4.78, 5) is 13.6. The van der Waals surface area contributed by atoms with Gasteiger partial charge in [-0.05, 0) is 69.0 Å². The Bertz CT molecular complexity index is 1250. The molecule has 0 spiro atoms. The summed E-state index contributed by atoms with van der Waals surface area (Å²) >= 11 is 13.0. The van der Waals surface area contributed by atoms with Gasteiger partial charge in [-0.2, -0.15) is 0 Å². The molecule has 3 fully saturated rings. The van der Waals surface area contributed by atoms with E-state index in [0.29, 0.717) is 57.4 Å². The average molecular weight is 513 g/mol. The fraction of sp³-hybridized carbons (Fsp3) is 0.407. The SMILES string of the molecule is C[C@@H]1[C@@H]2C[C@@H](C[C@H]2OCc2c(-c3c(Cl)cccc3Cl)noc2C2CC2)N1c1ccc(C(=O)O)cc1. The third-order valence-corrected chi connectivity index (χ3v) is 8.43. The third-order valence-electron chi connectivity index (χ3n) is 7.80. The first-order chi connectivity index (χ1) is 16.9. The maximum Gasteiger partial charge on any atom is 0.335 e. The zero-order valence-electron chi connectivity index (χ0n) is 19.3. The minimum Gasteiger partial charge on any atom is -0.478 e. The summed E-state index contributed by atoms with van der Waals surface area (Å²) in [7, 11) is 0. The van der Waals surface area contributed by atoms with Crippen molar-refractivity contribution in [2.45, 2.75) is 63.3 Å². The van der Waals surface area contributed by atoms with E-state index in [1.165, 1.54) is 0 Å². The molecule has 4 atom stereocenters. The topological polar surface area (TPSA) is 75.8 Å². The molecule has 35 heavy (non-hydrogen) atoms. The second kappa shape index (κ2) is 8.84. The number of carbonyl (C=O) groups is 1. The van der Waals surface area contributed by atoms with Crippen LogP contribution in [0, 0.1) is 5.92 Å². The molecular formula is C27H26Cl2N2O4. The van der Waals surface area contributed by atoms with Gasteiger partial charge in [-0.15, -0.1) is 0 Å². The van der Waals surface area contributed by atoms with Crippen LogP contribution in [0.2, 0.25) is 10.0 Å². The summed E-state index contributed by atoms with van der Waals surface area (Å²) in [6, 6.07) is 13.3. The molecule has 1 aliphatic heterocycles. The summed E-state index contributed by atoms with van der Waals surface area (Å²) < 4.78 is 12.3. The van der Waals surface area contributed by atoms with Gasteiger partial charge < -0.3 is 19.3 Å². The van der Waals surface area contributed by atoms with Crippen molar-refractivity contribution < 1.29 is 19.2 Å². The van der Waals surface area contributed by atoms with E-state index in [4.69, 9.17) is 32.5 Å². The van der Waals surface area contributed by atoms with Gasteiger partial charge in [-0.1, -0.05) is 34.4 Å².